The van der Waals surface area contributed by atoms with E-state index in [1.165, 1.54) is 16.8 Å². The summed E-state index contributed by atoms with van der Waals surface area (Å²) in [4.78, 5) is 15.1. The fourth-order valence-electron chi connectivity index (χ4n) is 3.88. The Labute approximate surface area is 160 Å². The molecule has 1 N–H and O–H groups in total. The van der Waals surface area contributed by atoms with Crippen LogP contribution < -0.4 is 5.32 Å². The van der Waals surface area contributed by atoms with Gasteiger partial charge >= 0.3 is 0 Å². The van der Waals surface area contributed by atoms with Gasteiger partial charge in [0.25, 0.3) is 0 Å². The zero-order chi connectivity index (χ0) is 18.8. The highest BCUT2D eigenvalue weighted by atomic mass is 16.2. The predicted octanol–water partition coefficient (Wildman–Crippen LogP) is 4.15. The van der Waals surface area contributed by atoms with Crippen LogP contribution in [0.1, 0.15) is 28.4 Å². The maximum atomic E-state index is 12.8. The van der Waals surface area contributed by atoms with Gasteiger partial charge in [-0.25, -0.2) is 0 Å². The average Bonchev–Trinajstić information content (AvgIpc) is 3.15. The molecular weight excluding hydrogens is 334 g/mol. The number of carbonyl (C=O) groups is 1. The molecule has 1 amide bonds. The third-order valence-electron chi connectivity index (χ3n) is 5.48. The minimum Gasteiger partial charge on any atom is -0.348 e. The Balaban J connectivity index is 1.57. The summed E-state index contributed by atoms with van der Waals surface area (Å²) in [5.74, 6) is 0.0321. The van der Waals surface area contributed by atoms with Gasteiger partial charge in [-0.05, 0) is 48.7 Å². The minimum atomic E-state index is 0.0321. The van der Waals surface area contributed by atoms with E-state index < -0.39 is 0 Å². The number of hydrogen-bond donors (Lipinski definition) is 1. The maximum Gasteiger partial charge on any atom is 0.238 e. The van der Waals surface area contributed by atoms with E-state index in [4.69, 9.17) is 0 Å². The largest absolute Gasteiger partial charge is 0.348 e. The first-order valence-corrected chi connectivity index (χ1v) is 9.43. The van der Waals surface area contributed by atoms with Gasteiger partial charge in [0.05, 0.1) is 12.6 Å². The van der Waals surface area contributed by atoms with Crippen LogP contribution in [0.4, 0.5) is 5.69 Å². The van der Waals surface area contributed by atoms with Gasteiger partial charge in [-0.15, -0.1) is 0 Å². The highest BCUT2D eigenvalue weighted by Gasteiger charge is 2.29. The van der Waals surface area contributed by atoms with E-state index in [0.29, 0.717) is 6.54 Å². The topological polar surface area (TPSA) is 37.3 Å². The van der Waals surface area contributed by atoms with Crippen molar-refractivity contribution < 1.29 is 4.79 Å². The third-order valence-corrected chi connectivity index (χ3v) is 5.48. The van der Waals surface area contributed by atoms with Crippen molar-refractivity contribution in [1.29, 1.82) is 0 Å². The van der Waals surface area contributed by atoms with Gasteiger partial charge in [0, 0.05) is 30.7 Å². The van der Waals surface area contributed by atoms with E-state index in [1.54, 1.807) is 0 Å². The summed E-state index contributed by atoms with van der Waals surface area (Å²) < 4.78 is 2.29. The molecule has 0 unspecified atom stereocenters. The van der Waals surface area contributed by atoms with Crippen LogP contribution in [-0.4, -0.2) is 28.5 Å². The SMILES string of the molecule is Cc1cccc(NC(=O)CN2CCn3cccc3[C@@H]2c2ccccc2)c1C. The number of benzene rings is 2. The normalized spacial score (nSPS) is 16.7. The van der Waals surface area contributed by atoms with Gasteiger partial charge in [0.1, 0.15) is 0 Å². The van der Waals surface area contributed by atoms with Crippen molar-refractivity contribution >= 4 is 11.6 Å². The third kappa shape index (κ3) is 3.53. The lowest BCUT2D eigenvalue weighted by atomic mass is 10.00. The number of nitrogens with one attached hydrogen (secondary N) is 1. The van der Waals surface area contributed by atoms with Crippen LogP contribution >= 0.6 is 0 Å². The molecule has 1 aromatic heterocycles. The number of anilines is 1. The molecule has 0 fully saturated rings. The molecule has 4 nitrogen and oxygen atoms in total. The summed E-state index contributed by atoms with van der Waals surface area (Å²) in [6.07, 6.45) is 2.12. The van der Waals surface area contributed by atoms with Crippen molar-refractivity contribution in [3.8, 4) is 0 Å². The van der Waals surface area contributed by atoms with Crippen molar-refractivity contribution in [3.63, 3.8) is 0 Å². The first-order valence-electron chi connectivity index (χ1n) is 9.43. The van der Waals surface area contributed by atoms with Crippen molar-refractivity contribution in [2.75, 3.05) is 18.4 Å². The van der Waals surface area contributed by atoms with E-state index in [-0.39, 0.29) is 11.9 Å². The van der Waals surface area contributed by atoms with Crippen LogP contribution in [0.15, 0.2) is 66.9 Å². The summed E-state index contributed by atoms with van der Waals surface area (Å²) >= 11 is 0. The second-order valence-electron chi connectivity index (χ2n) is 7.21. The first kappa shape index (κ1) is 17.6. The Kier molecular flexibility index (Phi) is 4.82. The Morgan fingerprint density at radius 2 is 1.81 bits per heavy atom. The van der Waals surface area contributed by atoms with E-state index in [2.05, 4.69) is 70.4 Å². The van der Waals surface area contributed by atoms with Gasteiger partial charge in [-0.1, -0.05) is 42.5 Å². The van der Waals surface area contributed by atoms with Crippen LogP contribution in [0.25, 0.3) is 0 Å². The van der Waals surface area contributed by atoms with Crippen molar-refractivity contribution in [2.45, 2.75) is 26.4 Å². The maximum absolute atomic E-state index is 12.8. The molecule has 0 bridgehead atoms. The highest BCUT2D eigenvalue weighted by Crippen LogP contribution is 2.32. The van der Waals surface area contributed by atoms with Crippen molar-refractivity contribution in [1.82, 2.24) is 9.47 Å². The number of aryl methyl sites for hydroxylation is 1. The highest BCUT2D eigenvalue weighted by molar-refractivity contribution is 5.93. The number of nitrogens with zero attached hydrogens (tertiary/aromatic N) is 2. The fourth-order valence-corrected chi connectivity index (χ4v) is 3.88. The number of fused-ring (bicyclic) bond motifs is 1. The number of hydrogen-bond acceptors (Lipinski definition) is 2. The summed E-state index contributed by atoms with van der Waals surface area (Å²) in [7, 11) is 0. The summed E-state index contributed by atoms with van der Waals surface area (Å²) in [5, 5.41) is 3.10. The van der Waals surface area contributed by atoms with Gasteiger partial charge in [-0.2, -0.15) is 0 Å². The van der Waals surface area contributed by atoms with Crippen LogP contribution in [0.5, 0.6) is 0 Å². The van der Waals surface area contributed by atoms with E-state index >= 15 is 0 Å². The summed E-state index contributed by atoms with van der Waals surface area (Å²) in [6.45, 7) is 6.24. The van der Waals surface area contributed by atoms with Crippen LogP contribution in [-0.2, 0) is 11.3 Å². The lowest BCUT2D eigenvalue weighted by molar-refractivity contribution is -0.117. The summed E-state index contributed by atoms with van der Waals surface area (Å²) in [6, 6.07) is 20.8. The standard InChI is InChI=1S/C23H25N3O/c1-17-8-6-11-20(18(17)2)24-22(27)16-26-15-14-25-13-7-12-21(25)23(26)19-9-4-3-5-10-19/h3-13,23H,14-16H2,1-2H3,(H,24,27)/t23-/m0/s1. The molecular formula is C23H25N3O. The molecule has 0 saturated carbocycles. The molecule has 2 heterocycles. The number of amides is 1. The molecule has 138 valence electrons. The van der Waals surface area contributed by atoms with E-state index in [9.17, 15) is 4.79 Å². The van der Waals surface area contributed by atoms with Gasteiger partial charge in [0.15, 0.2) is 0 Å². The molecule has 1 atom stereocenters. The Bertz CT molecular complexity index is 945. The zero-order valence-corrected chi connectivity index (χ0v) is 15.9. The second-order valence-corrected chi connectivity index (χ2v) is 7.21. The Morgan fingerprint density at radius 3 is 2.63 bits per heavy atom. The Morgan fingerprint density at radius 1 is 1.00 bits per heavy atom. The number of carbonyl (C=O) groups excluding carboxylic acids is 1. The molecule has 0 radical (unpaired) electrons. The minimum absolute atomic E-state index is 0.0321. The van der Waals surface area contributed by atoms with Crippen LogP contribution in [0.2, 0.25) is 0 Å². The molecule has 4 heteroatoms. The van der Waals surface area contributed by atoms with Crippen molar-refractivity contribution in [2.24, 2.45) is 0 Å². The van der Waals surface area contributed by atoms with E-state index in [1.807, 2.05) is 25.1 Å². The molecule has 0 saturated heterocycles. The molecule has 1 aliphatic rings. The number of aromatic nitrogens is 1. The molecule has 0 aliphatic carbocycles. The molecule has 27 heavy (non-hydrogen) atoms. The smallest absolute Gasteiger partial charge is 0.238 e. The quantitative estimate of drug-likeness (QED) is 0.760. The molecule has 1 aliphatic heterocycles. The van der Waals surface area contributed by atoms with Gasteiger partial charge in [-0.3, -0.25) is 9.69 Å². The molecule has 4 rings (SSSR count). The molecule has 2 aromatic carbocycles. The van der Waals surface area contributed by atoms with Gasteiger partial charge in [0.2, 0.25) is 5.91 Å². The van der Waals surface area contributed by atoms with Gasteiger partial charge < -0.3 is 9.88 Å². The predicted molar refractivity (Wildman–Crippen MR) is 109 cm³/mol. The monoisotopic (exact) mass is 359 g/mol. The van der Waals surface area contributed by atoms with Crippen LogP contribution in [0.3, 0.4) is 0 Å². The Hall–Kier alpha value is -2.85. The second kappa shape index (κ2) is 7.41. The lowest BCUT2D eigenvalue weighted by Crippen LogP contribution is -2.42. The fraction of sp³-hybridized carbons (Fsp3) is 0.261. The molecule has 0 spiro atoms. The van der Waals surface area contributed by atoms with E-state index in [0.717, 1.165) is 24.3 Å². The van der Waals surface area contributed by atoms with Crippen molar-refractivity contribution in [3.05, 3.63) is 89.2 Å². The average molecular weight is 359 g/mol. The lowest BCUT2D eigenvalue weighted by Gasteiger charge is -2.36. The zero-order valence-electron chi connectivity index (χ0n) is 15.9. The summed E-state index contributed by atoms with van der Waals surface area (Å²) in [5.41, 5.74) is 5.67. The number of rotatable bonds is 4. The first-order chi connectivity index (χ1) is 13.1. The van der Waals surface area contributed by atoms with Crippen LogP contribution in [0, 0.1) is 13.8 Å². The molecule has 3 aromatic rings.